The molecule has 0 saturated carbocycles. The molecule has 1 saturated heterocycles. The minimum absolute atomic E-state index is 0.0457. The zero-order valence-electron chi connectivity index (χ0n) is 6.16. The Morgan fingerprint density at radius 1 is 1.91 bits per heavy atom. The predicted octanol–water partition coefficient (Wildman–Crippen LogP) is 0.743. The van der Waals surface area contributed by atoms with Crippen molar-refractivity contribution in [1.29, 1.82) is 0 Å². The van der Waals surface area contributed by atoms with Crippen molar-refractivity contribution in [2.45, 2.75) is 6.92 Å². The van der Waals surface area contributed by atoms with Crippen molar-refractivity contribution >= 4 is 5.91 Å². The summed E-state index contributed by atoms with van der Waals surface area (Å²) in [5.74, 6) is -0.0457. The zero-order chi connectivity index (χ0) is 8.27. The third-order valence-corrected chi connectivity index (χ3v) is 1.59. The van der Waals surface area contributed by atoms with Gasteiger partial charge in [0, 0.05) is 23.6 Å². The lowest BCUT2D eigenvalue weighted by molar-refractivity contribution is -0.120. The fraction of sp³-hybridized carbons (Fsp3) is 0.500. The first kappa shape index (κ1) is 7.63. The largest absolute Gasteiger partial charge is 0.348 e. The average molecular weight is 152 g/mol. The van der Waals surface area contributed by atoms with E-state index in [0.29, 0.717) is 13.1 Å². The Morgan fingerprint density at radius 2 is 2.64 bits per heavy atom. The number of amides is 1. The molecule has 0 aromatic heterocycles. The lowest BCUT2D eigenvalue weighted by atomic mass is 10.0. The molecule has 0 spiro atoms. The van der Waals surface area contributed by atoms with Gasteiger partial charge in [-0.2, -0.15) is 0 Å². The van der Waals surface area contributed by atoms with E-state index in [9.17, 15) is 4.79 Å². The molecule has 1 heterocycles. The van der Waals surface area contributed by atoms with Gasteiger partial charge in [0.25, 0.3) is 0 Å². The second-order valence-corrected chi connectivity index (χ2v) is 2.33. The highest BCUT2D eigenvalue weighted by atomic mass is 16.2. The van der Waals surface area contributed by atoms with Crippen molar-refractivity contribution in [3.8, 4) is 0 Å². The Morgan fingerprint density at radius 3 is 3.00 bits per heavy atom. The van der Waals surface area contributed by atoms with E-state index in [4.69, 9.17) is 5.53 Å². The Bertz CT molecular complexity index is 262. The van der Waals surface area contributed by atoms with Gasteiger partial charge < -0.3 is 5.32 Å². The maximum Gasteiger partial charge on any atom is 0.249 e. The van der Waals surface area contributed by atoms with E-state index >= 15 is 0 Å². The summed E-state index contributed by atoms with van der Waals surface area (Å²) in [7, 11) is 0. The van der Waals surface area contributed by atoms with E-state index in [0.717, 1.165) is 11.1 Å². The van der Waals surface area contributed by atoms with Crippen LogP contribution >= 0.6 is 0 Å². The van der Waals surface area contributed by atoms with Crippen LogP contribution in [-0.4, -0.2) is 19.0 Å². The van der Waals surface area contributed by atoms with Crippen LogP contribution in [0, 0.1) is 0 Å². The lowest BCUT2D eigenvalue weighted by Crippen LogP contribution is -2.42. The molecule has 0 unspecified atom stereocenters. The summed E-state index contributed by atoms with van der Waals surface area (Å²) in [5, 5.41) is 5.94. The van der Waals surface area contributed by atoms with Gasteiger partial charge in [0.05, 0.1) is 0 Å². The van der Waals surface area contributed by atoms with Crippen LogP contribution in [0.25, 0.3) is 10.4 Å². The number of rotatable bonds is 2. The van der Waals surface area contributed by atoms with Crippen molar-refractivity contribution in [2.24, 2.45) is 5.11 Å². The molecule has 1 aliphatic rings. The number of nitrogens with zero attached hydrogens (tertiary/aromatic N) is 3. The second-order valence-electron chi connectivity index (χ2n) is 2.33. The van der Waals surface area contributed by atoms with E-state index in [1.54, 1.807) is 6.92 Å². The molecular weight excluding hydrogens is 144 g/mol. The fourth-order valence-electron chi connectivity index (χ4n) is 0.827. The van der Waals surface area contributed by atoms with Gasteiger partial charge in [-0.25, -0.2) is 0 Å². The molecule has 1 aliphatic heterocycles. The van der Waals surface area contributed by atoms with Gasteiger partial charge in [-0.3, -0.25) is 4.79 Å². The Hall–Kier alpha value is -1.48. The maximum absolute atomic E-state index is 10.7. The number of nitrogens with one attached hydrogen (secondary N) is 1. The van der Waals surface area contributed by atoms with Crippen LogP contribution in [-0.2, 0) is 4.79 Å². The summed E-state index contributed by atoms with van der Waals surface area (Å²) in [4.78, 5) is 13.3. The first-order chi connectivity index (χ1) is 5.25. The molecule has 11 heavy (non-hydrogen) atoms. The molecule has 58 valence electrons. The number of β-lactam (4-membered cyclic amide) rings is 1. The van der Waals surface area contributed by atoms with Gasteiger partial charge in [-0.1, -0.05) is 10.7 Å². The summed E-state index contributed by atoms with van der Waals surface area (Å²) < 4.78 is 0. The summed E-state index contributed by atoms with van der Waals surface area (Å²) in [6.45, 7) is 2.69. The highest BCUT2D eigenvalue weighted by Gasteiger charge is 2.20. The molecule has 0 bridgehead atoms. The maximum atomic E-state index is 10.7. The third-order valence-electron chi connectivity index (χ3n) is 1.59. The Balaban J connectivity index is 2.63. The Labute approximate surface area is 63.7 Å². The predicted molar refractivity (Wildman–Crippen MR) is 39.7 cm³/mol. The van der Waals surface area contributed by atoms with E-state index in [-0.39, 0.29) is 5.91 Å². The second kappa shape index (κ2) is 3.07. The molecule has 1 N–H and O–H groups in total. The highest BCUT2D eigenvalue weighted by molar-refractivity contribution is 6.00. The van der Waals surface area contributed by atoms with Gasteiger partial charge in [0.15, 0.2) is 0 Å². The summed E-state index contributed by atoms with van der Waals surface area (Å²) in [6, 6.07) is 0. The van der Waals surface area contributed by atoms with Gasteiger partial charge >= 0.3 is 0 Å². The standard InChI is InChI=1S/C6H8N4O/c1-4(2-9-10-7)5-3-8-6(5)11/h2-3H2,1H3,(H,8,11)/b5-4-. The lowest BCUT2D eigenvalue weighted by Gasteiger charge is -2.19. The van der Waals surface area contributed by atoms with Crippen molar-refractivity contribution in [3.05, 3.63) is 21.6 Å². The minimum Gasteiger partial charge on any atom is -0.348 e. The summed E-state index contributed by atoms with van der Waals surface area (Å²) in [6.07, 6.45) is 0. The van der Waals surface area contributed by atoms with E-state index in [1.165, 1.54) is 0 Å². The molecule has 5 heteroatoms. The minimum atomic E-state index is -0.0457. The van der Waals surface area contributed by atoms with Crippen molar-refractivity contribution < 1.29 is 4.79 Å². The number of carbonyl (C=O) groups excluding carboxylic acids is 1. The topological polar surface area (TPSA) is 77.9 Å². The van der Waals surface area contributed by atoms with Crippen LogP contribution in [0.1, 0.15) is 6.92 Å². The van der Waals surface area contributed by atoms with Gasteiger partial charge in [-0.05, 0) is 12.5 Å². The number of carbonyl (C=O) groups is 1. The zero-order valence-corrected chi connectivity index (χ0v) is 6.16. The molecule has 0 aliphatic carbocycles. The smallest absolute Gasteiger partial charge is 0.249 e. The molecule has 1 rings (SSSR count). The molecular formula is C6H8N4O. The van der Waals surface area contributed by atoms with Gasteiger partial charge in [0.2, 0.25) is 5.91 Å². The van der Waals surface area contributed by atoms with E-state index < -0.39 is 0 Å². The summed E-state index contributed by atoms with van der Waals surface area (Å²) in [5.41, 5.74) is 9.59. The molecule has 0 aromatic carbocycles. The van der Waals surface area contributed by atoms with Crippen LogP contribution in [0.5, 0.6) is 0 Å². The Kier molecular flexibility index (Phi) is 2.13. The van der Waals surface area contributed by atoms with Crippen LogP contribution in [0.15, 0.2) is 16.3 Å². The number of hydrogen-bond acceptors (Lipinski definition) is 2. The van der Waals surface area contributed by atoms with Gasteiger partial charge in [-0.15, -0.1) is 0 Å². The SMILES string of the molecule is C/C(CN=[N+]=[N-])=C1\CNC1=O. The van der Waals surface area contributed by atoms with Crippen LogP contribution in [0.4, 0.5) is 0 Å². The van der Waals surface area contributed by atoms with Crippen molar-refractivity contribution in [3.63, 3.8) is 0 Å². The molecule has 1 fully saturated rings. The molecule has 0 radical (unpaired) electrons. The monoisotopic (exact) mass is 152 g/mol. The number of azide groups is 1. The molecule has 5 nitrogen and oxygen atoms in total. The van der Waals surface area contributed by atoms with Crippen molar-refractivity contribution in [2.75, 3.05) is 13.1 Å². The van der Waals surface area contributed by atoms with Crippen LogP contribution in [0.3, 0.4) is 0 Å². The van der Waals surface area contributed by atoms with E-state index in [1.807, 2.05) is 0 Å². The molecule has 1 amide bonds. The number of hydrogen-bond donors (Lipinski definition) is 1. The molecule has 0 atom stereocenters. The quantitative estimate of drug-likeness (QED) is 0.204. The third kappa shape index (κ3) is 1.50. The fourth-order valence-corrected chi connectivity index (χ4v) is 0.827. The van der Waals surface area contributed by atoms with E-state index in [2.05, 4.69) is 15.3 Å². The van der Waals surface area contributed by atoms with Crippen molar-refractivity contribution in [1.82, 2.24) is 5.32 Å². The highest BCUT2D eigenvalue weighted by Crippen LogP contribution is 2.10. The van der Waals surface area contributed by atoms with Crippen LogP contribution in [0.2, 0.25) is 0 Å². The average Bonchev–Trinajstić information content (AvgIpc) is 1.98. The van der Waals surface area contributed by atoms with Crippen LogP contribution < -0.4 is 5.32 Å². The summed E-state index contributed by atoms with van der Waals surface area (Å²) >= 11 is 0. The van der Waals surface area contributed by atoms with Gasteiger partial charge in [0.1, 0.15) is 0 Å². The normalized spacial score (nSPS) is 19.5. The first-order valence-electron chi connectivity index (χ1n) is 3.23. The first-order valence-corrected chi connectivity index (χ1v) is 3.23. The molecule has 0 aromatic rings.